The first-order chi connectivity index (χ1) is 9.72. The van der Waals surface area contributed by atoms with Crippen molar-refractivity contribution in [2.24, 2.45) is 0 Å². The molecule has 0 unspecified atom stereocenters. The van der Waals surface area contributed by atoms with Gasteiger partial charge in [0.1, 0.15) is 11.9 Å². The summed E-state index contributed by atoms with van der Waals surface area (Å²) in [4.78, 5) is 14.4. The third-order valence-electron chi connectivity index (χ3n) is 4.38. The molecule has 2 aliphatic heterocycles. The van der Waals surface area contributed by atoms with Crippen LogP contribution in [0.15, 0.2) is 0 Å². The van der Waals surface area contributed by atoms with Crippen molar-refractivity contribution in [1.82, 2.24) is 25.0 Å². The second-order valence-electron chi connectivity index (χ2n) is 5.80. The topological polar surface area (TPSA) is 63.1 Å². The number of hydrogen-bond donors (Lipinski definition) is 1. The summed E-state index contributed by atoms with van der Waals surface area (Å²) in [5.41, 5.74) is 0. The Bertz CT molecular complexity index is 498. The van der Waals surface area contributed by atoms with Gasteiger partial charge in [-0.25, -0.2) is 0 Å². The van der Waals surface area contributed by atoms with E-state index in [1.165, 1.54) is 0 Å². The maximum Gasteiger partial charge on any atom is 0.245 e. The summed E-state index contributed by atoms with van der Waals surface area (Å²) in [6.45, 7) is 7.53. The zero-order chi connectivity index (χ0) is 14.1. The number of carbonyl (C=O) groups excluding carboxylic acids is 1. The van der Waals surface area contributed by atoms with E-state index in [1.54, 1.807) is 0 Å². The van der Waals surface area contributed by atoms with Crippen molar-refractivity contribution in [1.29, 1.82) is 0 Å². The molecule has 1 fully saturated rings. The third-order valence-corrected chi connectivity index (χ3v) is 4.38. The first-order valence-electron chi connectivity index (χ1n) is 7.65. The number of halogens is 1. The van der Waals surface area contributed by atoms with Gasteiger partial charge in [-0.2, -0.15) is 0 Å². The van der Waals surface area contributed by atoms with Crippen LogP contribution >= 0.6 is 12.4 Å². The molecule has 118 valence electrons. The average molecular weight is 314 g/mol. The number of carbonyl (C=O) groups is 1. The fourth-order valence-corrected chi connectivity index (χ4v) is 3.31. The number of amides is 1. The van der Waals surface area contributed by atoms with E-state index in [9.17, 15) is 4.79 Å². The lowest BCUT2D eigenvalue weighted by Gasteiger charge is -2.33. The van der Waals surface area contributed by atoms with Crippen LogP contribution < -0.4 is 5.32 Å². The first-order valence-corrected chi connectivity index (χ1v) is 7.65. The average Bonchev–Trinajstić information content (AvgIpc) is 2.89. The Balaban J connectivity index is 0.00000161. The van der Waals surface area contributed by atoms with Gasteiger partial charge in [-0.1, -0.05) is 6.92 Å². The summed E-state index contributed by atoms with van der Waals surface area (Å²) < 4.78 is 2.09. The molecule has 0 bridgehead atoms. The number of hydrogen-bond acceptors (Lipinski definition) is 4. The summed E-state index contributed by atoms with van der Waals surface area (Å²) in [5.74, 6) is 2.59. The Kier molecular flexibility index (Phi) is 5.22. The number of fused-ring (bicyclic) bond motifs is 1. The van der Waals surface area contributed by atoms with Crippen LogP contribution in [0.2, 0.25) is 0 Å². The molecular formula is C14H24ClN5O. The highest BCUT2D eigenvalue weighted by Gasteiger charge is 2.34. The Hall–Kier alpha value is -1.14. The molecule has 1 N–H and O–H groups in total. The van der Waals surface area contributed by atoms with E-state index in [0.717, 1.165) is 50.5 Å². The van der Waals surface area contributed by atoms with Gasteiger partial charge < -0.3 is 14.8 Å². The van der Waals surface area contributed by atoms with E-state index in [0.29, 0.717) is 12.5 Å². The van der Waals surface area contributed by atoms with Crippen LogP contribution in [0, 0.1) is 0 Å². The molecule has 1 aromatic heterocycles. The Morgan fingerprint density at radius 2 is 2.00 bits per heavy atom. The maximum absolute atomic E-state index is 12.4. The minimum Gasteiger partial charge on any atom is -0.333 e. The van der Waals surface area contributed by atoms with Crippen LogP contribution in [0.4, 0.5) is 0 Å². The lowest BCUT2D eigenvalue weighted by atomic mass is 9.96. The lowest BCUT2D eigenvalue weighted by molar-refractivity contribution is -0.137. The minimum atomic E-state index is -0.162. The molecule has 0 spiro atoms. The minimum absolute atomic E-state index is 0. The van der Waals surface area contributed by atoms with E-state index in [-0.39, 0.29) is 24.4 Å². The van der Waals surface area contributed by atoms with Crippen molar-refractivity contribution in [2.75, 3.05) is 19.6 Å². The molecule has 1 saturated heterocycles. The molecule has 2 aliphatic rings. The molecule has 0 radical (unpaired) electrons. The Morgan fingerprint density at radius 3 is 2.67 bits per heavy atom. The number of nitrogens with one attached hydrogen (secondary N) is 1. The van der Waals surface area contributed by atoms with Gasteiger partial charge in [0, 0.05) is 12.5 Å². The molecule has 3 rings (SSSR count). The van der Waals surface area contributed by atoms with Crippen LogP contribution in [0.3, 0.4) is 0 Å². The normalized spacial score (nSPS) is 22.9. The number of rotatable bonds is 3. The van der Waals surface area contributed by atoms with Crippen LogP contribution in [-0.2, 0) is 11.3 Å². The monoisotopic (exact) mass is 313 g/mol. The van der Waals surface area contributed by atoms with Gasteiger partial charge in [0.05, 0.1) is 6.54 Å². The number of aromatic nitrogens is 3. The van der Waals surface area contributed by atoms with Crippen molar-refractivity contribution in [3.05, 3.63) is 11.6 Å². The maximum atomic E-state index is 12.4. The number of piperidine rings is 1. The first kappa shape index (κ1) is 16.2. The van der Waals surface area contributed by atoms with E-state index in [4.69, 9.17) is 0 Å². The summed E-state index contributed by atoms with van der Waals surface area (Å²) in [6, 6.07) is -0.162. The standard InChI is InChI=1S/C14H23N5O.ClH/c1-3-8-18-9-12-16-17-13(11-4-6-15-7-5-11)19(12)10(2)14(18)20;/h10-11,15H,3-9H2,1-2H3;1H/t10-;/m1./s1. The van der Waals surface area contributed by atoms with Crippen molar-refractivity contribution >= 4 is 18.3 Å². The van der Waals surface area contributed by atoms with Crippen LogP contribution in [0.1, 0.15) is 56.7 Å². The second-order valence-corrected chi connectivity index (χ2v) is 5.80. The van der Waals surface area contributed by atoms with Crippen molar-refractivity contribution in [3.8, 4) is 0 Å². The fourth-order valence-electron chi connectivity index (χ4n) is 3.31. The molecular weight excluding hydrogens is 290 g/mol. The Labute approximate surface area is 131 Å². The molecule has 1 aromatic rings. The molecule has 7 heteroatoms. The third kappa shape index (κ3) is 2.92. The molecule has 0 aliphatic carbocycles. The van der Waals surface area contributed by atoms with Crippen LogP contribution in [-0.4, -0.2) is 45.2 Å². The molecule has 1 atom stereocenters. The lowest BCUT2D eigenvalue weighted by Crippen LogP contribution is -2.43. The van der Waals surface area contributed by atoms with Gasteiger partial charge in [-0.05, 0) is 39.3 Å². The van der Waals surface area contributed by atoms with E-state index < -0.39 is 0 Å². The summed E-state index contributed by atoms with van der Waals surface area (Å²) in [6.07, 6.45) is 3.14. The van der Waals surface area contributed by atoms with Gasteiger partial charge in [0.15, 0.2) is 5.82 Å². The van der Waals surface area contributed by atoms with Crippen LogP contribution in [0.5, 0.6) is 0 Å². The molecule has 1 amide bonds. The second kappa shape index (κ2) is 6.75. The van der Waals surface area contributed by atoms with E-state index in [1.807, 2.05) is 11.8 Å². The van der Waals surface area contributed by atoms with Gasteiger partial charge in [0.25, 0.3) is 0 Å². The predicted molar refractivity (Wildman–Crippen MR) is 82.5 cm³/mol. The molecule has 0 saturated carbocycles. The highest BCUT2D eigenvalue weighted by atomic mass is 35.5. The molecule has 21 heavy (non-hydrogen) atoms. The molecule has 6 nitrogen and oxygen atoms in total. The largest absolute Gasteiger partial charge is 0.333 e. The smallest absolute Gasteiger partial charge is 0.245 e. The van der Waals surface area contributed by atoms with Gasteiger partial charge in [0.2, 0.25) is 5.91 Å². The SMILES string of the molecule is CCCN1Cc2nnc(C3CCNCC3)n2[C@H](C)C1=O.Cl. The fraction of sp³-hybridized carbons (Fsp3) is 0.786. The zero-order valence-electron chi connectivity index (χ0n) is 12.7. The van der Waals surface area contributed by atoms with E-state index >= 15 is 0 Å². The highest BCUT2D eigenvalue weighted by molar-refractivity contribution is 5.85. The summed E-state index contributed by atoms with van der Waals surface area (Å²) >= 11 is 0. The molecule has 3 heterocycles. The van der Waals surface area contributed by atoms with Gasteiger partial charge >= 0.3 is 0 Å². The predicted octanol–water partition coefficient (Wildman–Crippen LogP) is 1.48. The highest BCUT2D eigenvalue weighted by Crippen LogP contribution is 2.30. The van der Waals surface area contributed by atoms with E-state index in [2.05, 4.69) is 27.0 Å². The van der Waals surface area contributed by atoms with Crippen molar-refractivity contribution in [2.45, 2.75) is 51.6 Å². The molecule has 0 aromatic carbocycles. The van der Waals surface area contributed by atoms with Crippen LogP contribution in [0.25, 0.3) is 0 Å². The van der Waals surface area contributed by atoms with Crippen molar-refractivity contribution < 1.29 is 4.79 Å². The quantitative estimate of drug-likeness (QED) is 0.918. The summed E-state index contributed by atoms with van der Waals surface area (Å²) in [7, 11) is 0. The summed E-state index contributed by atoms with van der Waals surface area (Å²) in [5, 5.41) is 12.1. The number of nitrogens with zero attached hydrogens (tertiary/aromatic N) is 4. The van der Waals surface area contributed by atoms with Gasteiger partial charge in [-0.15, -0.1) is 22.6 Å². The Morgan fingerprint density at radius 1 is 1.29 bits per heavy atom. The van der Waals surface area contributed by atoms with Gasteiger partial charge in [-0.3, -0.25) is 4.79 Å². The zero-order valence-corrected chi connectivity index (χ0v) is 13.5. The van der Waals surface area contributed by atoms with Crippen molar-refractivity contribution in [3.63, 3.8) is 0 Å².